The van der Waals surface area contributed by atoms with E-state index in [9.17, 15) is 9.59 Å². The summed E-state index contributed by atoms with van der Waals surface area (Å²) >= 11 is 0. The Labute approximate surface area is 154 Å². The Bertz CT molecular complexity index is 743. The Kier molecular flexibility index (Phi) is 5.95. The van der Waals surface area contributed by atoms with Gasteiger partial charge in [-0.2, -0.15) is 5.10 Å². The maximum absolute atomic E-state index is 12.2. The van der Waals surface area contributed by atoms with Gasteiger partial charge in [-0.1, -0.05) is 60.7 Å². The molecule has 26 heavy (non-hydrogen) atoms. The molecular weight excluding hydrogens is 324 g/mol. The summed E-state index contributed by atoms with van der Waals surface area (Å²) in [6.07, 6.45) is 1.95. The van der Waals surface area contributed by atoms with Crippen molar-refractivity contribution >= 4 is 17.3 Å². The molecule has 1 aliphatic rings. The third-order valence-corrected chi connectivity index (χ3v) is 4.60. The molecular formula is C22H24N2O2. The number of ketones is 2. The van der Waals surface area contributed by atoms with E-state index in [0.717, 1.165) is 17.5 Å². The minimum absolute atomic E-state index is 0.00173. The third-order valence-electron chi connectivity index (χ3n) is 4.60. The standard InChI is InChI=1S/C22H24N2O2/c1-17(25)22-20(13-8-14-21(22)26)23-24(15-18-9-4-2-5-10-18)16-19-11-6-3-7-12-19/h2-7,9-12,22H,8,13-16H2,1H3. The normalized spacial score (nSPS) is 18.7. The number of carbonyl (C=O) groups excluding carboxylic acids is 2. The number of hydrogen-bond acceptors (Lipinski definition) is 4. The maximum Gasteiger partial charge on any atom is 0.149 e. The molecule has 0 amide bonds. The number of benzene rings is 2. The number of nitrogens with zero attached hydrogens (tertiary/aromatic N) is 2. The van der Waals surface area contributed by atoms with E-state index in [1.807, 2.05) is 41.4 Å². The molecule has 0 heterocycles. The van der Waals surface area contributed by atoms with Gasteiger partial charge in [-0.3, -0.25) is 14.6 Å². The zero-order valence-corrected chi connectivity index (χ0v) is 15.1. The summed E-state index contributed by atoms with van der Waals surface area (Å²) in [7, 11) is 0. The molecule has 0 N–H and O–H groups in total. The van der Waals surface area contributed by atoms with E-state index in [4.69, 9.17) is 5.10 Å². The Morgan fingerprint density at radius 2 is 1.50 bits per heavy atom. The predicted octanol–water partition coefficient (Wildman–Crippen LogP) is 4.00. The summed E-state index contributed by atoms with van der Waals surface area (Å²) in [5.41, 5.74) is 3.00. The smallest absolute Gasteiger partial charge is 0.149 e. The van der Waals surface area contributed by atoms with Crippen LogP contribution in [0.1, 0.15) is 37.3 Å². The minimum atomic E-state index is -0.669. The predicted molar refractivity (Wildman–Crippen MR) is 103 cm³/mol. The Morgan fingerprint density at radius 3 is 2.00 bits per heavy atom. The van der Waals surface area contributed by atoms with Crippen LogP contribution in [-0.2, 0) is 22.7 Å². The lowest BCUT2D eigenvalue weighted by molar-refractivity contribution is -0.129. The highest BCUT2D eigenvalue weighted by Crippen LogP contribution is 2.21. The van der Waals surface area contributed by atoms with Gasteiger partial charge in [-0.15, -0.1) is 0 Å². The Balaban J connectivity index is 1.88. The number of hydrogen-bond donors (Lipinski definition) is 0. The summed E-state index contributed by atoms with van der Waals surface area (Å²) in [6.45, 7) is 2.76. The molecule has 4 nitrogen and oxygen atoms in total. The molecule has 0 spiro atoms. The monoisotopic (exact) mass is 348 g/mol. The van der Waals surface area contributed by atoms with Gasteiger partial charge in [0, 0.05) is 6.42 Å². The largest absolute Gasteiger partial charge is 0.299 e. The first-order chi connectivity index (χ1) is 12.6. The molecule has 2 aromatic carbocycles. The second-order valence-electron chi connectivity index (χ2n) is 6.75. The zero-order chi connectivity index (χ0) is 18.4. The molecule has 1 fully saturated rings. The van der Waals surface area contributed by atoms with Crippen molar-refractivity contribution in [2.24, 2.45) is 11.0 Å². The SMILES string of the molecule is CC(=O)C1C(=O)CCCC1=NN(Cc1ccccc1)Cc1ccccc1. The van der Waals surface area contributed by atoms with Crippen molar-refractivity contribution in [2.75, 3.05) is 0 Å². The van der Waals surface area contributed by atoms with Crippen LogP contribution < -0.4 is 0 Å². The second-order valence-corrected chi connectivity index (χ2v) is 6.75. The molecule has 3 rings (SSSR count). The molecule has 1 unspecified atom stereocenters. The van der Waals surface area contributed by atoms with E-state index in [1.54, 1.807) is 0 Å². The van der Waals surface area contributed by atoms with E-state index in [1.165, 1.54) is 6.92 Å². The average molecular weight is 348 g/mol. The van der Waals surface area contributed by atoms with Crippen LogP contribution in [0.3, 0.4) is 0 Å². The molecule has 0 radical (unpaired) electrons. The molecule has 0 saturated heterocycles. The van der Waals surface area contributed by atoms with Crippen molar-refractivity contribution in [3.8, 4) is 0 Å². The summed E-state index contributed by atoms with van der Waals surface area (Å²) in [5, 5.41) is 6.75. The summed E-state index contributed by atoms with van der Waals surface area (Å²) in [6, 6.07) is 20.2. The van der Waals surface area contributed by atoms with Crippen molar-refractivity contribution in [2.45, 2.75) is 39.3 Å². The highest BCUT2D eigenvalue weighted by atomic mass is 16.1. The van der Waals surface area contributed by atoms with E-state index in [2.05, 4.69) is 24.3 Å². The Morgan fingerprint density at radius 1 is 0.962 bits per heavy atom. The van der Waals surface area contributed by atoms with Gasteiger partial charge in [-0.05, 0) is 30.9 Å². The first-order valence-corrected chi connectivity index (χ1v) is 9.07. The van der Waals surface area contributed by atoms with Gasteiger partial charge in [0.1, 0.15) is 17.5 Å². The van der Waals surface area contributed by atoms with Crippen LogP contribution in [0.2, 0.25) is 0 Å². The topological polar surface area (TPSA) is 49.7 Å². The number of carbonyl (C=O) groups is 2. The highest BCUT2D eigenvalue weighted by molar-refractivity contribution is 6.21. The molecule has 0 aliphatic heterocycles. The third kappa shape index (κ3) is 4.66. The van der Waals surface area contributed by atoms with Crippen LogP contribution in [0.25, 0.3) is 0 Å². The van der Waals surface area contributed by atoms with E-state index < -0.39 is 5.92 Å². The van der Waals surface area contributed by atoms with Gasteiger partial charge >= 0.3 is 0 Å². The lowest BCUT2D eigenvalue weighted by Crippen LogP contribution is -2.35. The average Bonchev–Trinajstić information content (AvgIpc) is 2.63. The fourth-order valence-corrected chi connectivity index (χ4v) is 3.38. The first-order valence-electron chi connectivity index (χ1n) is 9.07. The van der Waals surface area contributed by atoms with E-state index >= 15 is 0 Å². The lowest BCUT2D eigenvalue weighted by atomic mass is 9.83. The fraction of sp³-hybridized carbons (Fsp3) is 0.318. The van der Waals surface area contributed by atoms with Crippen LogP contribution in [0.4, 0.5) is 0 Å². The molecule has 0 aromatic heterocycles. The molecule has 4 heteroatoms. The van der Waals surface area contributed by atoms with Crippen LogP contribution in [0, 0.1) is 5.92 Å². The minimum Gasteiger partial charge on any atom is -0.299 e. The van der Waals surface area contributed by atoms with Crippen molar-refractivity contribution in [3.05, 3.63) is 71.8 Å². The van der Waals surface area contributed by atoms with Gasteiger partial charge in [0.2, 0.25) is 0 Å². The molecule has 2 aromatic rings. The van der Waals surface area contributed by atoms with Gasteiger partial charge in [0.05, 0.1) is 18.8 Å². The molecule has 1 atom stereocenters. The van der Waals surface area contributed by atoms with Gasteiger partial charge in [-0.25, -0.2) is 0 Å². The fourth-order valence-electron chi connectivity index (χ4n) is 3.38. The van der Waals surface area contributed by atoms with Crippen molar-refractivity contribution in [3.63, 3.8) is 0 Å². The molecule has 1 saturated carbocycles. The van der Waals surface area contributed by atoms with Crippen molar-refractivity contribution < 1.29 is 9.59 Å². The van der Waals surface area contributed by atoms with Crippen LogP contribution in [0.15, 0.2) is 65.8 Å². The first kappa shape index (κ1) is 18.1. The van der Waals surface area contributed by atoms with Crippen LogP contribution in [0.5, 0.6) is 0 Å². The number of rotatable bonds is 6. The second kappa shape index (κ2) is 8.56. The summed E-state index contributed by atoms with van der Waals surface area (Å²) < 4.78 is 0. The van der Waals surface area contributed by atoms with Crippen molar-refractivity contribution in [1.82, 2.24) is 5.01 Å². The van der Waals surface area contributed by atoms with Gasteiger partial charge < -0.3 is 0 Å². The summed E-state index contributed by atoms with van der Waals surface area (Å²) in [5.74, 6) is -0.771. The van der Waals surface area contributed by atoms with Gasteiger partial charge in [0.25, 0.3) is 0 Å². The highest BCUT2D eigenvalue weighted by Gasteiger charge is 2.32. The zero-order valence-electron chi connectivity index (χ0n) is 15.1. The number of Topliss-reactive ketones (excluding diaryl/α,β-unsaturated/α-hetero) is 2. The van der Waals surface area contributed by atoms with E-state index in [0.29, 0.717) is 31.6 Å². The van der Waals surface area contributed by atoms with Crippen LogP contribution in [-0.4, -0.2) is 22.3 Å². The van der Waals surface area contributed by atoms with Gasteiger partial charge in [0.15, 0.2) is 0 Å². The lowest BCUT2D eigenvalue weighted by Gasteiger charge is -2.26. The van der Waals surface area contributed by atoms with E-state index in [-0.39, 0.29) is 11.6 Å². The van der Waals surface area contributed by atoms with Crippen LogP contribution >= 0.6 is 0 Å². The van der Waals surface area contributed by atoms with Crippen molar-refractivity contribution in [1.29, 1.82) is 0 Å². The molecule has 134 valence electrons. The molecule has 1 aliphatic carbocycles. The Hall–Kier alpha value is -2.75. The summed E-state index contributed by atoms with van der Waals surface area (Å²) in [4.78, 5) is 24.2. The number of hydrazone groups is 1. The quantitative estimate of drug-likeness (QED) is 0.585. The molecule has 0 bridgehead atoms. The maximum atomic E-state index is 12.2.